The van der Waals surface area contributed by atoms with E-state index in [2.05, 4.69) is 0 Å². The maximum Gasteiger partial charge on any atom is 0.313 e. The number of hydrogen-bond acceptors (Lipinski definition) is 5. The van der Waals surface area contributed by atoms with Crippen molar-refractivity contribution in [2.75, 3.05) is 32.6 Å². The number of piperidine rings is 1. The lowest BCUT2D eigenvalue weighted by Crippen LogP contribution is -2.53. The summed E-state index contributed by atoms with van der Waals surface area (Å²) in [5.41, 5.74) is -1.20. The van der Waals surface area contributed by atoms with Gasteiger partial charge in [0.25, 0.3) is 0 Å². The van der Waals surface area contributed by atoms with Crippen LogP contribution < -0.4 is 0 Å². The maximum atomic E-state index is 12.5. The molecule has 1 aliphatic heterocycles. The first-order chi connectivity index (χ1) is 11.7. The van der Waals surface area contributed by atoms with Crippen molar-refractivity contribution in [2.24, 2.45) is 5.41 Å². The molecule has 25 heavy (non-hydrogen) atoms. The summed E-state index contributed by atoms with van der Waals surface area (Å²) in [6.45, 7) is 0.231. The van der Waals surface area contributed by atoms with Crippen LogP contribution in [0.2, 0.25) is 5.02 Å². The smallest absolute Gasteiger partial charge is 0.313 e. The lowest BCUT2D eigenvalue weighted by molar-refractivity contribution is -0.158. The normalized spacial score (nSPS) is 21.1. The van der Waals surface area contributed by atoms with Gasteiger partial charge in [0, 0.05) is 25.2 Å². The number of halogens is 1. The first-order valence-corrected chi connectivity index (χ1v) is 9.72. The number of rotatable bonds is 6. The Hall–Kier alpha value is -1.64. The number of benzene rings is 1. The molecule has 0 aliphatic carbocycles. The number of hydrogen-bond donors (Lipinski definition) is 1. The van der Waals surface area contributed by atoms with Gasteiger partial charge in [-0.3, -0.25) is 9.59 Å². The Morgan fingerprint density at radius 2 is 1.96 bits per heavy atom. The van der Waals surface area contributed by atoms with E-state index < -0.39 is 32.9 Å². The Labute approximate surface area is 151 Å². The summed E-state index contributed by atoms with van der Waals surface area (Å²) in [4.78, 5) is 25.4. The molecule has 138 valence electrons. The number of aliphatic carboxylic acids is 1. The number of likely N-dealkylation sites (tertiary alicyclic amines) is 1. The van der Waals surface area contributed by atoms with Crippen LogP contribution in [0.25, 0.3) is 0 Å². The van der Waals surface area contributed by atoms with Gasteiger partial charge in [-0.15, -0.1) is 0 Å². The van der Waals surface area contributed by atoms with Gasteiger partial charge in [-0.05, 0) is 37.1 Å². The van der Waals surface area contributed by atoms with Crippen LogP contribution in [0, 0.1) is 5.41 Å². The second kappa shape index (κ2) is 7.72. The fourth-order valence-electron chi connectivity index (χ4n) is 2.95. The molecule has 1 amide bonds. The van der Waals surface area contributed by atoms with Gasteiger partial charge in [0.2, 0.25) is 5.91 Å². The van der Waals surface area contributed by atoms with E-state index in [-0.39, 0.29) is 18.0 Å². The number of carboxylic acids is 1. The van der Waals surface area contributed by atoms with Crippen molar-refractivity contribution in [2.45, 2.75) is 17.7 Å². The SMILES string of the molecule is COCC1(C(=O)O)CCCN(C(=O)CS(=O)(=O)c2ccc(Cl)cc2)C1. The Balaban J connectivity index is 2.14. The summed E-state index contributed by atoms with van der Waals surface area (Å²) in [5, 5.41) is 9.90. The second-order valence-corrected chi connectivity index (χ2v) is 8.58. The standard InChI is InChI=1S/C16H20ClNO6S/c1-24-11-16(15(20)21)7-2-8-18(10-16)14(19)9-25(22,23)13-5-3-12(17)4-6-13/h3-6H,2,7-11H2,1H3,(H,20,21). The van der Waals surface area contributed by atoms with Crippen LogP contribution in [0.15, 0.2) is 29.2 Å². The second-order valence-electron chi connectivity index (χ2n) is 6.15. The number of methoxy groups -OCH3 is 1. The summed E-state index contributed by atoms with van der Waals surface area (Å²) < 4.78 is 29.8. The number of ether oxygens (including phenoxy) is 1. The highest BCUT2D eigenvalue weighted by Crippen LogP contribution is 2.31. The minimum Gasteiger partial charge on any atom is -0.481 e. The molecule has 1 saturated heterocycles. The fraction of sp³-hybridized carbons (Fsp3) is 0.500. The van der Waals surface area contributed by atoms with Crippen LogP contribution in [0.4, 0.5) is 0 Å². The molecule has 2 rings (SSSR count). The monoisotopic (exact) mass is 389 g/mol. The largest absolute Gasteiger partial charge is 0.481 e. The average molecular weight is 390 g/mol. The lowest BCUT2D eigenvalue weighted by Gasteiger charge is -2.39. The highest BCUT2D eigenvalue weighted by atomic mass is 35.5. The van der Waals surface area contributed by atoms with Gasteiger partial charge in [0.15, 0.2) is 9.84 Å². The summed E-state index contributed by atoms with van der Waals surface area (Å²) in [6, 6.07) is 5.56. The molecule has 1 aromatic carbocycles. The number of amides is 1. The van der Waals surface area contributed by atoms with E-state index in [0.717, 1.165) is 0 Å². The van der Waals surface area contributed by atoms with Crippen molar-refractivity contribution in [3.63, 3.8) is 0 Å². The number of nitrogens with zero attached hydrogens (tertiary/aromatic N) is 1. The summed E-state index contributed by atoms with van der Waals surface area (Å²) in [7, 11) is -2.42. The van der Waals surface area contributed by atoms with Crippen molar-refractivity contribution in [3.8, 4) is 0 Å². The van der Waals surface area contributed by atoms with Gasteiger partial charge in [-0.1, -0.05) is 11.6 Å². The van der Waals surface area contributed by atoms with Crippen LogP contribution in [-0.2, 0) is 24.2 Å². The van der Waals surface area contributed by atoms with Crippen LogP contribution in [0.3, 0.4) is 0 Å². The van der Waals surface area contributed by atoms with E-state index >= 15 is 0 Å². The number of carboxylic acid groups (broad SMARTS) is 1. The van der Waals surface area contributed by atoms with Crippen molar-refractivity contribution in [1.82, 2.24) is 4.90 Å². The molecular formula is C16H20ClNO6S. The minimum atomic E-state index is -3.82. The number of carbonyl (C=O) groups excluding carboxylic acids is 1. The molecule has 0 saturated carbocycles. The molecule has 0 radical (unpaired) electrons. The van der Waals surface area contributed by atoms with Gasteiger partial charge in [-0.25, -0.2) is 8.42 Å². The third-order valence-electron chi connectivity index (χ3n) is 4.29. The fourth-order valence-corrected chi connectivity index (χ4v) is 4.31. The quantitative estimate of drug-likeness (QED) is 0.790. The van der Waals surface area contributed by atoms with Crippen molar-refractivity contribution in [3.05, 3.63) is 29.3 Å². The van der Waals surface area contributed by atoms with Gasteiger partial charge in [0.05, 0.1) is 11.5 Å². The van der Waals surface area contributed by atoms with Crippen molar-refractivity contribution >= 4 is 33.3 Å². The molecule has 1 unspecified atom stereocenters. The molecule has 1 heterocycles. The number of carbonyl (C=O) groups is 2. The summed E-state index contributed by atoms with van der Waals surface area (Å²) >= 11 is 5.74. The van der Waals surface area contributed by atoms with E-state index in [4.69, 9.17) is 16.3 Å². The summed E-state index contributed by atoms with van der Waals surface area (Å²) in [5.74, 6) is -2.37. The summed E-state index contributed by atoms with van der Waals surface area (Å²) in [6.07, 6.45) is 0.853. The Bertz CT molecular complexity index is 744. The first-order valence-electron chi connectivity index (χ1n) is 7.69. The zero-order valence-electron chi connectivity index (χ0n) is 13.8. The molecule has 1 aromatic rings. The highest BCUT2D eigenvalue weighted by molar-refractivity contribution is 7.92. The molecule has 0 aromatic heterocycles. The van der Waals surface area contributed by atoms with Crippen molar-refractivity contribution < 1.29 is 27.9 Å². The maximum absolute atomic E-state index is 12.5. The number of sulfone groups is 1. The van der Waals surface area contributed by atoms with Crippen LogP contribution in [-0.4, -0.2) is 62.9 Å². The Morgan fingerprint density at radius 3 is 2.52 bits per heavy atom. The zero-order valence-corrected chi connectivity index (χ0v) is 15.3. The molecule has 1 N–H and O–H groups in total. The zero-order chi connectivity index (χ0) is 18.7. The van der Waals surface area contributed by atoms with E-state index in [1.54, 1.807) is 0 Å². The van der Waals surface area contributed by atoms with E-state index in [1.165, 1.54) is 36.3 Å². The predicted molar refractivity (Wildman–Crippen MR) is 91.3 cm³/mol. The van der Waals surface area contributed by atoms with Gasteiger partial charge < -0.3 is 14.7 Å². The van der Waals surface area contributed by atoms with E-state index in [0.29, 0.717) is 24.4 Å². The van der Waals surface area contributed by atoms with E-state index in [9.17, 15) is 23.1 Å². The van der Waals surface area contributed by atoms with E-state index in [1.807, 2.05) is 0 Å². The van der Waals surface area contributed by atoms with Crippen LogP contribution in [0.5, 0.6) is 0 Å². The molecule has 1 fully saturated rings. The van der Waals surface area contributed by atoms with Crippen LogP contribution >= 0.6 is 11.6 Å². The Morgan fingerprint density at radius 1 is 1.32 bits per heavy atom. The Kier molecular flexibility index (Phi) is 6.08. The third kappa shape index (κ3) is 4.50. The van der Waals surface area contributed by atoms with Gasteiger partial charge in [0.1, 0.15) is 11.2 Å². The van der Waals surface area contributed by atoms with Crippen LogP contribution in [0.1, 0.15) is 12.8 Å². The van der Waals surface area contributed by atoms with Gasteiger partial charge in [-0.2, -0.15) is 0 Å². The predicted octanol–water partition coefficient (Wildman–Crippen LogP) is 1.45. The topological polar surface area (TPSA) is 101 Å². The van der Waals surface area contributed by atoms with Crippen molar-refractivity contribution in [1.29, 1.82) is 0 Å². The third-order valence-corrected chi connectivity index (χ3v) is 6.16. The molecular weight excluding hydrogens is 370 g/mol. The average Bonchev–Trinajstić information content (AvgIpc) is 2.55. The molecule has 0 spiro atoms. The molecule has 7 nitrogen and oxygen atoms in total. The highest BCUT2D eigenvalue weighted by Gasteiger charge is 2.44. The molecule has 1 atom stereocenters. The first kappa shape index (κ1) is 19.7. The lowest BCUT2D eigenvalue weighted by atomic mass is 9.80. The van der Waals surface area contributed by atoms with Gasteiger partial charge >= 0.3 is 5.97 Å². The molecule has 1 aliphatic rings. The molecule has 0 bridgehead atoms. The minimum absolute atomic E-state index is 0.00338. The molecule has 9 heteroatoms.